The molecule has 0 heterocycles. The summed E-state index contributed by atoms with van der Waals surface area (Å²) >= 11 is 3.44. The minimum absolute atomic E-state index is 0.0566. The van der Waals surface area contributed by atoms with Crippen LogP contribution in [0.25, 0.3) is 0 Å². The van der Waals surface area contributed by atoms with Gasteiger partial charge in [0.2, 0.25) is 5.91 Å². The van der Waals surface area contributed by atoms with Gasteiger partial charge in [0.1, 0.15) is 0 Å². The van der Waals surface area contributed by atoms with Crippen molar-refractivity contribution in [1.82, 2.24) is 5.32 Å². The number of carbonyl (C=O) groups is 1. The fourth-order valence-electron chi connectivity index (χ4n) is 2.02. The van der Waals surface area contributed by atoms with E-state index in [0.717, 1.165) is 21.3 Å². The largest absolute Gasteiger partial charge is 0.384 e. The van der Waals surface area contributed by atoms with Gasteiger partial charge >= 0.3 is 0 Å². The molecule has 0 aliphatic carbocycles. The maximum Gasteiger partial charge on any atom is 0.222 e. The van der Waals surface area contributed by atoms with E-state index in [1.165, 1.54) is 0 Å². The van der Waals surface area contributed by atoms with Crippen LogP contribution >= 0.6 is 15.9 Å². The van der Waals surface area contributed by atoms with Gasteiger partial charge in [-0.3, -0.25) is 4.79 Å². The van der Waals surface area contributed by atoms with Crippen LogP contribution in [-0.2, 0) is 11.3 Å². The summed E-state index contributed by atoms with van der Waals surface area (Å²) in [6.07, 6.45) is 0.461. The molecule has 0 unspecified atom stereocenters. The minimum Gasteiger partial charge on any atom is -0.384 e. The second-order valence-corrected chi connectivity index (χ2v) is 5.81. The van der Waals surface area contributed by atoms with Gasteiger partial charge in [0.15, 0.2) is 0 Å². The number of carbonyl (C=O) groups excluding carboxylic acids is 1. The SMILES string of the molecule is Cc1cc(Br)ccc1NCCC(=O)NCc1ccccc1. The lowest BCUT2D eigenvalue weighted by Gasteiger charge is -2.10. The summed E-state index contributed by atoms with van der Waals surface area (Å²) in [5.74, 6) is 0.0566. The average Bonchev–Trinajstić information content (AvgIpc) is 2.48. The molecule has 0 spiro atoms. The lowest BCUT2D eigenvalue weighted by molar-refractivity contribution is -0.121. The highest BCUT2D eigenvalue weighted by molar-refractivity contribution is 9.10. The third kappa shape index (κ3) is 5.23. The second-order valence-electron chi connectivity index (χ2n) is 4.90. The van der Waals surface area contributed by atoms with E-state index in [-0.39, 0.29) is 5.91 Å². The monoisotopic (exact) mass is 346 g/mol. The fourth-order valence-corrected chi connectivity index (χ4v) is 2.50. The summed E-state index contributed by atoms with van der Waals surface area (Å²) in [7, 11) is 0. The molecule has 0 fully saturated rings. The van der Waals surface area contributed by atoms with Gasteiger partial charge in [-0.05, 0) is 36.2 Å². The zero-order valence-electron chi connectivity index (χ0n) is 12.0. The molecular weight excluding hydrogens is 328 g/mol. The number of hydrogen-bond acceptors (Lipinski definition) is 2. The molecule has 2 N–H and O–H groups in total. The van der Waals surface area contributed by atoms with Crippen LogP contribution in [0.5, 0.6) is 0 Å². The molecule has 2 aromatic rings. The fraction of sp³-hybridized carbons (Fsp3) is 0.235. The first-order valence-corrected chi connectivity index (χ1v) is 7.75. The third-order valence-electron chi connectivity index (χ3n) is 3.19. The van der Waals surface area contributed by atoms with Crippen molar-refractivity contribution in [3.63, 3.8) is 0 Å². The zero-order valence-corrected chi connectivity index (χ0v) is 13.6. The van der Waals surface area contributed by atoms with Gasteiger partial charge in [-0.25, -0.2) is 0 Å². The molecule has 0 saturated heterocycles. The van der Waals surface area contributed by atoms with Crippen LogP contribution in [0.2, 0.25) is 0 Å². The van der Waals surface area contributed by atoms with Crippen LogP contribution in [0.3, 0.4) is 0 Å². The molecule has 1 amide bonds. The Kier molecular flexibility index (Phi) is 5.81. The van der Waals surface area contributed by atoms with Crippen LogP contribution in [0.4, 0.5) is 5.69 Å². The number of nitrogens with one attached hydrogen (secondary N) is 2. The molecule has 2 rings (SSSR count). The van der Waals surface area contributed by atoms with Crippen molar-refractivity contribution in [2.45, 2.75) is 19.9 Å². The van der Waals surface area contributed by atoms with Gasteiger partial charge in [-0.2, -0.15) is 0 Å². The van der Waals surface area contributed by atoms with Gasteiger partial charge in [0.05, 0.1) is 0 Å². The van der Waals surface area contributed by atoms with Crippen molar-refractivity contribution in [3.8, 4) is 0 Å². The van der Waals surface area contributed by atoms with E-state index in [1.807, 2.05) is 49.4 Å². The average molecular weight is 347 g/mol. The highest BCUT2D eigenvalue weighted by Gasteiger charge is 2.02. The smallest absolute Gasteiger partial charge is 0.222 e. The van der Waals surface area contributed by atoms with Gasteiger partial charge < -0.3 is 10.6 Å². The first kappa shape index (κ1) is 15.6. The summed E-state index contributed by atoms with van der Waals surface area (Å²) in [5.41, 5.74) is 3.34. The summed E-state index contributed by atoms with van der Waals surface area (Å²) in [4.78, 5) is 11.8. The predicted octanol–water partition coefficient (Wildman–Crippen LogP) is 3.88. The van der Waals surface area contributed by atoms with Gasteiger partial charge in [0, 0.05) is 29.7 Å². The maximum atomic E-state index is 11.8. The quantitative estimate of drug-likeness (QED) is 0.833. The van der Waals surface area contributed by atoms with Crippen molar-refractivity contribution in [1.29, 1.82) is 0 Å². The number of rotatable bonds is 6. The molecule has 4 heteroatoms. The van der Waals surface area contributed by atoms with Crippen LogP contribution < -0.4 is 10.6 Å². The summed E-state index contributed by atoms with van der Waals surface area (Å²) in [6, 6.07) is 16.0. The van der Waals surface area contributed by atoms with Crippen molar-refractivity contribution in [2.24, 2.45) is 0 Å². The maximum absolute atomic E-state index is 11.8. The normalized spacial score (nSPS) is 10.2. The molecule has 3 nitrogen and oxygen atoms in total. The Morgan fingerprint density at radius 3 is 2.62 bits per heavy atom. The summed E-state index contributed by atoms with van der Waals surface area (Å²) in [5, 5.41) is 6.21. The number of hydrogen-bond donors (Lipinski definition) is 2. The van der Waals surface area contributed by atoms with E-state index in [2.05, 4.69) is 32.6 Å². The number of anilines is 1. The van der Waals surface area contributed by atoms with E-state index in [4.69, 9.17) is 0 Å². The van der Waals surface area contributed by atoms with Gasteiger partial charge in [-0.1, -0.05) is 46.3 Å². The summed E-state index contributed by atoms with van der Waals surface area (Å²) in [6.45, 7) is 3.25. The molecule has 2 aromatic carbocycles. The molecule has 0 saturated carbocycles. The molecule has 21 heavy (non-hydrogen) atoms. The molecule has 0 radical (unpaired) electrons. The molecular formula is C17H19BrN2O. The minimum atomic E-state index is 0.0566. The number of halogens is 1. The first-order chi connectivity index (χ1) is 10.1. The topological polar surface area (TPSA) is 41.1 Å². The Morgan fingerprint density at radius 2 is 1.90 bits per heavy atom. The molecule has 0 bridgehead atoms. The second kappa shape index (κ2) is 7.84. The molecule has 0 atom stereocenters. The van der Waals surface area contributed by atoms with Crippen molar-refractivity contribution < 1.29 is 4.79 Å². The highest BCUT2D eigenvalue weighted by Crippen LogP contribution is 2.19. The number of aryl methyl sites for hydroxylation is 1. The van der Waals surface area contributed by atoms with E-state index in [0.29, 0.717) is 19.5 Å². The standard InChI is InChI=1S/C17H19BrN2O/c1-13-11-15(18)7-8-16(13)19-10-9-17(21)20-12-14-5-3-2-4-6-14/h2-8,11,19H,9-10,12H2,1H3,(H,20,21). The van der Waals surface area contributed by atoms with Crippen LogP contribution in [0.15, 0.2) is 53.0 Å². The molecule has 0 aromatic heterocycles. The molecule has 0 aliphatic rings. The van der Waals surface area contributed by atoms with Crippen molar-refractivity contribution >= 4 is 27.5 Å². The highest BCUT2D eigenvalue weighted by atomic mass is 79.9. The van der Waals surface area contributed by atoms with Crippen molar-refractivity contribution in [2.75, 3.05) is 11.9 Å². The Balaban J connectivity index is 1.72. The number of benzene rings is 2. The Hall–Kier alpha value is -1.81. The Labute approximate surface area is 133 Å². The lowest BCUT2D eigenvalue weighted by atomic mass is 10.2. The Morgan fingerprint density at radius 1 is 1.14 bits per heavy atom. The van der Waals surface area contributed by atoms with Crippen LogP contribution in [0, 0.1) is 6.92 Å². The molecule has 0 aliphatic heterocycles. The van der Waals surface area contributed by atoms with Crippen LogP contribution in [0.1, 0.15) is 17.5 Å². The van der Waals surface area contributed by atoms with E-state index in [9.17, 15) is 4.79 Å². The third-order valence-corrected chi connectivity index (χ3v) is 3.68. The van der Waals surface area contributed by atoms with E-state index >= 15 is 0 Å². The van der Waals surface area contributed by atoms with Crippen molar-refractivity contribution in [3.05, 3.63) is 64.1 Å². The number of amides is 1. The Bertz CT molecular complexity index is 599. The van der Waals surface area contributed by atoms with Gasteiger partial charge in [0.25, 0.3) is 0 Å². The summed E-state index contributed by atoms with van der Waals surface area (Å²) < 4.78 is 1.06. The van der Waals surface area contributed by atoms with Gasteiger partial charge in [-0.15, -0.1) is 0 Å². The molecule has 110 valence electrons. The van der Waals surface area contributed by atoms with E-state index in [1.54, 1.807) is 0 Å². The van der Waals surface area contributed by atoms with Crippen LogP contribution in [-0.4, -0.2) is 12.5 Å². The lowest BCUT2D eigenvalue weighted by Crippen LogP contribution is -2.24. The van der Waals surface area contributed by atoms with E-state index < -0.39 is 0 Å². The first-order valence-electron chi connectivity index (χ1n) is 6.96. The zero-order chi connectivity index (χ0) is 15.1. The predicted molar refractivity (Wildman–Crippen MR) is 90.3 cm³/mol.